The summed E-state index contributed by atoms with van der Waals surface area (Å²) in [6, 6.07) is 1.48. The highest BCUT2D eigenvalue weighted by Gasteiger charge is 2.25. The predicted octanol–water partition coefficient (Wildman–Crippen LogP) is 1.16. The van der Waals surface area contributed by atoms with Crippen LogP contribution in [0.15, 0.2) is 21.6 Å². The third-order valence-electron chi connectivity index (χ3n) is 2.28. The van der Waals surface area contributed by atoms with Crippen LogP contribution in [0, 0.1) is 0 Å². The van der Waals surface area contributed by atoms with E-state index in [1.807, 2.05) is 0 Å². The summed E-state index contributed by atoms with van der Waals surface area (Å²) in [6.07, 6.45) is 1.48. The van der Waals surface area contributed by atoms with Crippen molar-refractivity contribution in [3.05, 3.63) is 16.7 Å². The molecule has 6 nitrogen and oxygen atoms in total. The van der Waals surface area contributed by atoms with Crippen LogP contribution in [0.1, 0.15) is 13.8 Å². The molecule has 0 aliphatic heterocycles. The minimum absolute atomic E-state index is 0.0677. The maximum atomic E-state index is 12.3. The van der Waals surface area contributed by atoms with Gasteiger partial charge in [-0.05, 0) is 22.0 Å². The smallest absolute Gasteiger partial charge is 0.246 e. The Labute approximate surface area is 109 Å². The van der Waals surface area contributed by atoms with Gasteiger partial charge in [-0.2, -0.15) is 4.31 Å². The molecule has 17 heavy (non-hydrogen) atoms. The Balaban J connectivity index is 3.36. The van der Waals surface area contributed by atoms with Gasteiger partial charge in [0.15, 0.2) is 5.82 Å². The van der Waals surface area contributed by atoms with Crippen LogP contribution in [-0.2, 0) is 10.0 Å². The Morgan fingerprint density at radius 1 is 1.47 bits per heavy atom. The van der Waals surface area contributed by atoms with E-state index in [-0.39, 0.29) is 10.7 Å². The average molecular weight is 323 g/mol. The molecule has 0 amide bonds. The van der Waals surface area contributed by atoms with E-state index < -0.39 is 10.0 Å². The molecule has 3 N–H and O–H groups in total. The number of hydrogen-bond donors (Lipinski definition) is 2. The number of nitrogens with two attached hydrogens (primary N) is 1. The molecule has 0 saturated carbocycles. The Kier molecular flexibility index (Phi) is 4.87. The quantitative estimate of drug-likeness (QED) is 0.627. The lowest BCUT2D eigenvalue weighted by molar-refractivity contribution is 0.445. The van der Waals surface area contributed by atoms with Crippen molar-refractivity contribution in [3.8, 4) is 0 Å². The number of hydrogen-bond acceptors (Lipinski definition) is 5. The minimum atomic E-state index is -3.57. The van der Waals surface area contributed by atoms with Crippen molar-refractivity contribution in [1.29, 1.82) is 0 Å². The molecule has 1 aromatic heterocycles. The Morgan fingerprint density at radius 2 is 2.06 bits per heavy atom. The first-order valence-corrected chi connectivity index (χ1v) is 7.33. The fourth-order valence-electron chi connectivity index (χ4n) is 1.43. The van der Waals surface area contributed by atoms with E-state index >= 15 is 0 Å². The van der Waals surface area contributed by atoms with Crippen LogP contribution in [-0.4, -0.2) is 30.8 Å². The lowest BCUT2D eigenvalue weighted by atomic mass is 10.5. The maximum absolute atomic E-state index is 12.3. The molecule has 0 aliphatic rings. The SMILES string of the molecule is CCN(CC)S(=O)(=O)c1cc(Br)cnc1NN. The predicted molar refractivity (Wildman–Crippen MR) is 69.9 cm³/mol. The number of anilines is 1. The Hall–Kier alpha value is -0.700. The standard InChI is InChI=1S/C9H15BrN4O2S/c1-3-14(4-2)17(15,16)8-5-7(10)6-12-9(8)13-11/h5-6H,3-4,11H2,1-2H3,(H,12,13). The van der Waals surface area contributed by atoms with Crippen LogP contribution in [0.5, 0.6) is 0 Å². The number of nitrogen functional groups attached to an aromatic ring is 1. The molecule has 0 bridgehead atoms. The number of nitrogens with one attached hydrogen (secondary N) is 1. The number of halogens is 1. The molecule has 1 aromatic rings. The molecule has 0 fully saturated rings. The average Bonchev–Trinajstić information content (AvgIpc) is 2.30. The van der Waals surface area contributed by atoms with Crippen LogP contribution >= 0.6 is 15.9 Å². The van der Waals surface area contributed by atoms with E-state index in [4.69, 9.17) is 5.84 Å². The van der Waals surface area contributed by atoms with E-state index in [1.54, 1.807) is 13.8 Å². The van der Waals surface area contributed by atoms with Crippen LogP contribution in [0.25, 0.3) is 0 Å². The molecule has 96 valence electrons. The second kappa shape index (κ2) is 5.76. The zero-order chi connectivity index (χ0) is 13.1. The van der Waals surface area contributed by atoms with Gasteiger partial charge in [-0.3, -0.25) is 0 Å². The first-order chi connectivity index (χ1) is 7.97. The zero-order valence-corrected chi connectivity index (χ0v) is 12.0. The number of aromatic nitrogens is 1. The summed E-state index contributed by atoms with van der Waals surface area (Å²) >= 11 is 3.20. The molecule has 0 spiro atoms. The number of rotatable bonds is 5. The topological polar surface area (TPSA) is 88.3 Å². The highest BCUT2D eigenvalue weighted by molar-refractivity contribution is 9.10. The molecule has 0 aliphatic carbocycles. The first kappa shape index (κ1) is 14.4. The largest absolute Gasteiger partial charge is 0.307 e. The molecule has 0 aromatic carbocycles. The van der Waals surface area contributed by atoms with Crippen molar-refractivity contribution < 1.29 is 8.42 Å². The van der Waals surface area contributed by atoms with Gasteiger partial charge < -0.3 is 5.43 Å². The summed E-state index contributed by atoms with van der Waals surface area (Å²) in [5, 5.41) is 0. The Morgan fingerprint density at radius 3 is 2.53 bits per heavy atom. The van der Waals surface area contributed by atoms with Crippen molar-refractivity contribution >= 4 is 31.8 Å². The summed E-state index contributed by atoms with van der Waals surface area (Å²) in [5.74, 6) is 5.41. The van der Waals surface area contributed by atoms with Crippen molar-refractivity contribution in [2.75, 3.05) is 18.5 Å². The molecule has 1 rings (SSSR count). The highest BCUT2D eigenvalue weighted by atomic mass is 79.9. The summed E-state index contributed by atoms with van der Waals surface area (Å²) in [7, 11) is -3.57. The monoisotopic (exact) mass is 322 g/mol. The van der Waals surface area contributed by atoms with Crippen LogP contribution in [0.2, 0.25) is 0 Å². The van der Waals surface area contributed by atoms with Crippen LogP contribution in [0.4, 0.5) is 5.82 Å². The van der Waals surface area contributed by atoms with Crippen molar-refractivity contribution in [3.63, 3.8) is 0 Å². The zero-order valence-electron chi connectivity index (χ0n) is 9.64. The number of sulfonamides is 1. The van der Waals surface area contributed by atoms with Gasteiger partial charge in [0.05, 0.1) is 0 Å². The summed E-state index contributed by atoms with van der Waals surface area (Å²) in [4.78, 5) is 3.99. The maximum Gasteiger partial charge on any atom is 0.246 e. The van der Waals surface area contributed by atoms with E-state index in [9.17, 15) is 8.42 Å². The van der Waals surface area contributed by atoms with E-state index in [0.29, 0.717) is 17.6 Å². The van der Waals surface area contributed by atoms with Gasteiger partial charge in [-0.25, -0.2) is 19.2 Å². The van der Waals surface area contributed by atoms with Crippen molar-refractivity contribution in [2.24, 2.45) is 5.84 Å². The fourth-order valence-corrected chi connectivity index (χ4v) is 3.50. The lowest BCUT2D eigenvalue weighted by Gasteiger charge is -2.19. The summed E-state index contributed by atoms with van der Waals surface area (Å²) in [6.45, 7) is 4.36. The second-order valence-electron chi connectivity index (χ2n) is 3.23. The lowest BCUT2D eigenvalue weighted by Crippen LogP contribution is -2.31. The number of nitrogens with zero attached hydrogens (tertiary/aromatic N) is 2. The molecule has 0 atom stereocenters. The van der Waals surface area contributed by atoms with Crippen molar-refractivity contribution in [1.82, 2.24) is 9.29 Å². The van der Waals surface area contributed by atoms with E-state index in [0.717, 1.165) is 0 Å². The van der Waals surface area contributed by atoms with Crippen LogP contribution < -0.4 is 11.3 Å². The van der Waals surface area contributed by atoms with Gasteiger partial charge in [0, 0.05) is 23.8 Å². The van der Waals surface area contributed by atoms with Crippen LogP contribution in [0.3, 0.4) is 0 Å². The van der Waals surface area contributed by atoms with Gasteiger partial charge in [-0.1, -0.05) is 13.8 Å². The second-order valence-corrected chi connectivity index (χ2v) is 6.06. The Bertz CT molecular complexity index is 488. The normalized spacial score (nSPS) is 11.8. The molecule has 0 saturated heterocycles. The number of pyridine rings is 1. The highest BCUT2D eigenvalue weighted by Crippen LogP contribution is 2.25. The van der Waals surface area contributed by atoms with Gasteiger partial charge in [0.25, 0.3) is 0 Å². The molecule has 0 unspecified atom stereocenters. The first-order valence-electron chi connectivity index (χ1n) is 5.09. The minimum Gasteiger partial charge on any atom is -0.307 e. The molecular formula is C9H15BrN4O2S. The number of hydrazine groups is 1. The molecular weight excluding hydrogens is 308 g/mol. The van der Waals surface area contributed by atoms with Gasteiger partial charge in [0.2, 0.25) is 10.0 Å². The summed E-state index contributed by atoms with van der Waals surface area (Å²) in [5.41, 5.74) is 2.29. The van der Waals surface area contributed by atoms with E-state index in [2.05, 4.69) is 26.3 Å². The van der Waals surface area contributed by atoms with Crippen molar-refractivity contribution in [2.45, 2.75) is 18.7 Å². The third kappa shape index (κ3) is 2.95. The third-order valence-corrected chi connectivity index (χ3v) is 4.78. The molecule has 1 heterocycles. The van der Waals surface area contributed by atoms with Gasteiger partial charge >= 0.3 is 0 Å². The summed E-state index contributed by atoms with van der Waals surface area (Å²) < 4.78 is 26.5. The van der Waals surface area contributed by atoms with E-state index in [1.165, 1.54) is 16.6 Å². The fraction of sp³-hybridized carbons (Fsp3) is 0.444. The van der Waals surface area contributed by atoms with Gasteiger partial charge in [-0.15, -0.1) is 0 Å². The van der Waals surface area contributed by atoms with Gasteiger partial charge in [0.1, 0.15) is 4.90 Å². The molecule has 8 heteroatoms. The molecule has 0 radical (unpaired) electrons.